The molecule has 1 aliphatic rings. The third kappa shape index (κ3) is 4.13. The smallest absolute Gasteiger partial charge is 0.161 e. The maximum absolute atomic E-state index is 5.45. The molecule has 1 fully saturated rings. The molecule has 0 aliphatic heterocycles. The molecular formula is C18H29NO2. The molecular weight excluding hydrogens is 262 g/mol. The zero-order valence-corrected chi connectivity index (χ0v) is 13.7. The molecule has 1 atom stereocenters. The molecule has 0 aromatic heterocycles. The van der Waals surface area contributed by atoms with Gasteiger partial charge in [0.25, 0.3) is 0 Å². The van der Waals surface area contributed by atoms with Crippen LogP contribution in [0.15, 0.2) is 18.2 Å². The molecule has 118 valence electrons. The Hall–Kier alpha value is -1.22. The normalized spacial score (nSPS) is 18.6. The van der Waals surface area contributed by atoms with Gasteiger partial charge in [-0.15, -0.1) is 0 Å². The van der Waals surface area contributed by atoms with Crippen molar-refractivity contribution in [1.82, 2.24) is 5.32 Å². The van der Waals surface area contributed by atoms with E-state index >= 15 is 0 Å². The number of methoxy groups -OCH3 is 2. The largest absolute Gasteiger partial charge is 0.493 e. The summed E-state index contributed by atoms with van der Waals surface area (Å²) in [4.78, 5) is 0. The summed E-state index contributed by atoms with van der Waals surface area (Å²) in [7, 11) is 5.45. The van der Waals surface area contributed by atoms with Crippen molar-refractivity contribution < 1.29 is 9.47 Å². The van der Waals surface area contributed by atoms with Crippen LogP contribution in [-0.4, -0.2) is 21.3 Å². The number of hydrogen-bond donors (Lipinski definition) is 1. The quantitative estimate of drug-likeness (QED) is 0.876. The number of ether oxygens (including phenoxy) is 2. The summed E-state index contributed by atoms with van der Waals surface area (Å²) in [6.45, 7) is 0. The lowest BCUT2D eigenvalue weighted by Gasteiger charge is -2.29. The first-order valence-electron chi connectivity index (χ1n) is 8.19. The minimum absolute atomic E-state index is 0.405. The molecule has 1 aromatic rings. The van der Waals surface area contributed by atoms with E-state index in [1.54, 1.807) is 14.2 Å². The van der Waals surface area contributed by atoms with Gasteiger partial charge in [0.2, 0.25) is 0 Å². The van der Waals surface area contributed by atoms with Gasteiger partial charge in [-0.3, -0.25) is 0 Å². The maximum Gasteiger partial charge on any atom is 0.161 e. The van der Waals surface area contributed by atoms with E-state index in [1.165, 1.54) is 50.5 Å². The van der Waals surface area contributed by atoms with Crippen molar-refractivity contribution in [2.45, 2.75) is 51.0 Å². The fourth-order valence-corrected chi connectivity index (χ4v) is 3.54. The van der Waals surface area contributed by atoms with Crippen molar-refractivity contribution in [3.63, 3.8) is 0 Å². The average Bonchev–Trinajstić information content (AvgIpc) is 2.49. The highest BCUT2D eigenvalue weighted by Gasteiger charge is 2.23. The second-order valence-corrected chi connectivity index (χ2v) is 5.99. The summed E-state index contributed by atoms with van der Waals surface area (Å²) >= 11 is 0. The molecule has 0 amide bonds. The molecule has 0 bridgehead atoms. The second-order valence-electron chi connectivity index (χ2n) is 5.99. The highest BCUT2D eigenvalue weighted by molar-refractivity contribution is 5.43. The van der Waals surface area contributed by atoms with Crippen LogP contribution in [0.25, 0.3) is 0 Å². The van der Waals surface area contributed by atoms with Crippen LogP contribution < -0.4 is 14.8 Å². The molecule has 0 radical (unpaired) electrons. The third-order valence-corrected chi connectivity index (χ3v) is 4.70. The van der Waals surface area contributed by atoms with Crippen LogP contribution in [-0.2, 0) is 0 Å². The van der Waals surface area contributed by atoms with E-state index < -0.39 is 0 Å². The van der Waals surface area contributed by atoms with Gasteiger partial charge in [-0.1, -0.05) is 38.2 Å². The van der Waals surface area contributed by atoms with Gasteiger partial charge in [0.15, 0.2) is 11.5 Å². The van der Waals surface area contributed by atoms with Crippen molar-refractivity contribution in [1.29, 1.82) is 0 Å². The van der Waals surface area contributed by atoms with Crippen LogP contribution in [0.1, 0.15) is 56.6 Å². The van der Waals surface area contributed by atoms with Crippen LogP contribution in [0, 0.1) is 5.92 Å². The summed E-state index contributed by atoms with van der Waals surface area (Å²) in [5, 5.41) is 3.53. The first kappa shape index (κ1) is 16.2. The number of rotatable bonds is 5. The van der Waals surface area contributed by atoms with E-state index in [4.69, 9.17) is 9.47 Å². The summed E-state index contributed by atoms with van der Waals surface area (Å²) < 4.78 is 10.8. The Morgan fingerprint density at radius 2 is 1.57 bits per heavy atom. The topological polar surface area (TPSA) is 30.5 Å². The molecule has 1 saturated carbocycles. The summed E-state index contributed by atoms with van der Waals surface area (Å²) in [6, 6.07) is 6.71. The molecule has 2 rings (SSSR count). The molecule has 1 aliphatic carbocycles. The Morgan fingerprint density at radius 3 is 2.14 bits per heavy atom. The number of nitrogens with one attached hydrogen (secondary N) is 1. The van der Waals surface area contributed by atoms with Gasteiger partial charge in [0, 0.05) is 6.04 Å². The van der Waals surface area contributed by atoms with Crippen LogP contribution in [0.4, 0.5) is 0 Å². The van der Waals surface area contributed by atoms with Crippen LogP contribution in [0.3, 0.4) is 0 Å². The summed E-state index contributed by atoms with van der Waals surface area (Å²) in [5.41, 5.74) is 1.31. The fourth-order valence-electron chi connectivity index (χ4n) is 3.54. The van der Waals surface area contributed by atoms with E-state index in [0.29, 0.717) is 12.0 Å². The Bertz CT molecular complexity index is 425. The van der Waals surface area contributed by atoms with Gasteiger partial charge in [0.1, 0.15) is 0 Å². The predicted octanol–water partition coefficient (Wildman–Crippen LogP) is 4.32. The molecule has 21 heavy (non-hydrogen) atoms. The van der Waals surface area contributed by atoms with Crippen molar-refractivity contribution in [2.75, 3.05) is 21.3 Å². The molecule has 0 saturated heterocycles. The lowest BCUT2D eigenvalue weighted by atomic mass is 9.83. The minimum Gasteiger partial charge on any atom is -0.493 e. The van der Waals surface area contributed by atoms with Gasteiger partial charge < -0.3 is 14.8 Å². The van der Waals surface area contributed by atoms with Gasteiger partial charge in [-0.2, -0.15) is 0 Å². The highest BCUT2D eigenvalue weighted by Crippen LogP contribution is 2.36. The molecule has 1 aromatic carbocycles. The fraction of sp³-hybridized carbons (Fsp3) is 0.667. The van der Waals surface area contributed by atoms with Crippen molar-refractivity contribution in [2.24, 2.45) is 5.92 Å². The predicted molar refractivity (Wildman–Crippen MR) is 87.2 cm³/mol. The molecule has 0 spiro atoms. The van der Waals surface area contributed by atoms with E-state index in [9.17, 15) is 0 Å². The highest BCUT2D eigenvalue weighted by atomic mass is 16.5. The van der Waals surface area contributed by atoms with Gasteiger partial charge in [-0.05, 0) is 43.5 Å². The Kier molecular flexibility index (Phi) is 6.37. The first-order chi connectivity index (χ1) is 10.3. The summed E-state index contributed by atoms with van der Waals surface area (Å²) in [6.07, 6.45) is 9.54. The number of hydrogen-bond acceptors (Lipinski definition) is 3. The zero-order valence-electron chi connectivity index (χ0n) is 13.7. The second kappa shape index (κ2) is 8.28. The minimum atomic E-state index is 0.405. The Balaban J connectivity index is 2.18. The average molecular weight is 291 g/mol. The van der Waals surface area contributed by atoms with Crippen molar-refractivity contribution >= 4 is 0 Å². The lowest BCUT2D eigenvalue weighted by molar-refractivity contribution is 0.297. The molecule has 3 nitrogen and oxygen atoms in total. The SMILES string of the molecule is CNC(c1ccc(OC)c(OC)c1)C1CCCCCCC1. The lowest BCUT2D eigenvalue weighted by Crippen LogP contribution is -2.26. The van der Waals surface area contributed by atoms with E-state index in [1.807, 2.05) is 6.07 Å². The molecule has 1 N–H and O–H groups in total. The Labute approximate surface area is 129 Å². The van der Waals surface area contributed by atoms with E-state index in [2.05, 4.69) is 24.5 Å². The Morgan fingerprint density at radius 1 is 0.952 bits per heavy atom. The number of benzene rings is 1. The van der Waals surface area contributed by atoms with Crippen LogP contribution >= 0.6 is 0 Å². The molecule has 3 heteroatoms. The van der Waals surface area contributed by atoms with E-state index in [0.717, 1.165) is 11.5 Å². The zero-order chi connectivity index (χ0) is 15.1. The van der Waals surface area contributed by atoms with E-state index in [-0.39, 0.29) is 0 Å². The standard InChI is InChI=1S/C18H29NO2/c1-19-18(14-9-7-5-4-6-8-10-14)15-11-12-16(20-2)17(13-15)21-3/h11-14,18-19H,4-10H2,1-3H3. The van der Waals surface area contributed by atoms with Gasteiger partial charge in [-0.25, -0.2) is 0 Å². The van der Waals surface area contributed by atoms with Crippen LogP contribution in [0.2, 0.25) is 0 Å². The monoisotopic (exact) mass is 291 g/mol. The maximum atomic E-state index is 5.45. The van der Waals surface area contributed by atoms with Crippen molar-refractivity contribution in [3.05, 3.63) is 23.8 Å². The summed E-state index contributed by atoms with van der Waals surface area (Å²) in [5.74, 6) is 2.34. The molecule has 1 unspecified atom stereocenters. The first-order valence-corrected chi connectivity index (χ1v) is 8.19. The van der Waals surface area contributed by atoms with Crippen LogP contribution in [0.5, 0.6) is 11.5 Å². The van der Waals surface area contributed by atoms with Crippen molar-refractivity contribution in [3.8, 4) is 11.5 Å². The third-order valence-electron chi connectivity index (χ3n) is 4.70. The van der Waals surface area contributed by atoms with Gasteiger partial charge >= 0.3 is 0 Å². The van der Waals surface area contributed by atoms with Gasteiger partial charge in [0.05, 0.1) is 14.2 Å². The molecule has 0 heterocycles.